The molecule has 17 heavy (non-hydrogen) atoms. The van der Waals surface area contributed by atoms with Crippen molar-refractivity contribution in [3.63, 3.8) is 0 Å². The molecule has 2 rings (SSSR count). The Morgan fingerprint density at radius 1 is 1.47 bits per heavy atom. The third-order valence-electron chi connectivity index (χ3n) is 3.15. The third-order valence-corrected chi connectivity index (χ3v) is 3.15. The minimum absolute atomic E-state index is 0.0712. The van der Waals surface area contributed by atoms with E-state index < -0.39 is 6.04 Å². The highest BCUT2D eigenvalue weighted by atomic mass is 16.5. The van der Waals surface area contributed by atoms with Crippen molar-refractivity contribution in [3.8, 4) is 0 Å². The van der Waals surface area contributed by atoms with Gasteiger partial charge in [0.1, 0.15) is 6.04 Å². The van der Waals surface area contributed by atoms with E-state index in [2.05, 4.69) is 5.32 Å². The van der Waals surface area contributed by atoms with Gasteiger partial charge in [-0.3, -0.25) is 4.79 Å². The number of nitrogens with one attached hydrogen (secondary N) is 1. The van der Waals surface area contributed by atoms with E-state index in [1.807, 2.05) is 37.3 Å². The Bertz CT molecular complexity index is 380. The monoisotopic (exact) mass is 234 g/mol. The minimum Gasteiger partial charge on any atom is -0.376 e. The lowest BCUT2D eigenvalue weighted by Crippen LogP contribution is -2.43. The summed E-state index contributed by atoms with van der Waals surface area (Å²) in [5, 5.41) is 2.94. The van der Waals surface area contributed by atoms with Gasteiger partial charge in [-0.05, 0) is 18.9 Å². The number of nitrogens with two attached hydrogens (primary N) is 1. The molecule has 2 unspecified atom stereocenters. The van der Waals surface area contributed by atoms with Crippen LogP contribution in [0.4, 0.5) is 0 Å². The molecule has 0 bridgehead atoms. The first kappa shape index (κ1) is 12.1. The maximum absolute atomic E-state index is 12.0. The van der Waals surface area contributed by atoms with Gasteiger partial charge in [0.15, 0.2) is 0 Å². The Balaban J connectivity index is 1.96. The predicted octanol–water partition coefficient (Wildman–Crippen LogP) is 0.980. The average Bonchev–Trinajstić information content (AvgIpc) is 2.75. The molecule has 3 N–H and O–H groups in total. The highest BCUT2D eigenvalue weighted by Gasteiger charge is 2.27. The molecule has 1 aliphatic rings. The lowest BCUT2D eigenvalue weighted by molar-refractivity contribution is -0.123. The number of carbonyl (C=O) groups is 1. The van der Waals surface area contributed by atoms with Crippen LogP contribution in [0.15, 0.2) is 30.3 Å². The molecule has 0 radical (unpaired) electrons. The van der Waals surface area contributed by atoms with E-state index in [1.54, 1.807) is 0 Å². The summed E-state index contributed by atoms with van der Waals surface area (Å²) in [5.74, 6) is -0.140. The highest BCUT2D eigenvalue weighted by Crippen LogP contribution is 2.15. The first-order valence-electron chi connectivity index (χ1n) is 5.91. The molecule has 1 fully saturated rings. The molecule has 1 amide bonds. The van der Waals surface area contributed by atoms with Gasteiger partial charge >= 0.3 is 0 Å². The van der Waals surface area contributed by atoms with Crippen LogP contribution in [0, 0.1) is 0 Å². The third kappa shape index (κ3) is 2.84. The molecule has 1 aromatic rings. The van der Waals surface area contributed by atoms with Crippen molar-refractivity contribution in [2.24, 2.45) is 5.73 Å². The Hall–Kier alpha value is -1.39. The van der Waals surface area contributed by atoms with Gasteiger partial charge in [0.05, 0.1) is 12.1 Å². The van der Waals surface area contributed by atoms with Crippen molar-refractivity contribution in [1.29, 1.82) is 0 Å². The fraction of sp³-hybridized carbons (Fsp3) is 0.462. The summed E-state index contributed by atoms with van der Waals surface area (Å²) in [6, 6.07) is 8.85. The van der Waals surface area contributed by atoms with Crippen LogP contribution >= 0.6 is 0 Å². The van der Waals surface area contributed by atoms with Crippen molar-refractivity contribution < 1.29 is 9.53 Å². The molecule has 0 saturated carbocycles. The molecular formula is C13H18N2O2. The zero-order chi connectivity index (χ0) is 12.3. The molecule has 0 aliphatic carbocycles. The van der Waals surface area contributed by atoms with E-state index in [-0.39, 0.29) is 18.1 Å². The van der Waals surface area contributed by atoms with Gasteiger partial charge in [0.25, 0.3) is 0 Å². The smallest absolute Gasteiger partial charge is 0.241 e. The van der Waals surface area contributed by atoms with E-state index in [9.17, 15) is 4.79 Å². The summed E-state index contributed by atoms with van der Waals surface area (Å²) in [6.45, 7) is 2.67. The number of ether oxygens (including phenoxy) is 1. The van der Waals surface area contributed by atoms with Crippen LogP contribution < -0.4 is 11.1 Å². The largest absolute Gasteiger partial charge is 0.376 e. The quantitative estimate of drug-likeness (QED) is 0.819. The molecule has 0 spiro atoms. The first-order valence-corrected chi connectivity index (χ1v) is 5.91. The van der Waals surface area contributed by atoms with Crippen molar-refractivity contribution in [1.82, 2.24) is 5.32 Å². The van der Waals surface area contributed by atoms with Gasteiger partial charge in [0, 0.05) is 6.61 Å². The van der Waals surface area contributed by atoms with E-state index in [1.165, 1.54) is 0 Å². The summed E-state index contributed by atoms with van der Waals surface area (Å²) in [7, 11) is 0. The second-order valence-electron chi connectivity index (χ2n) is 4.37. The number of hydrogen-bond acceptors (Lipinski definition) is 3. The van der Waals surface area contributed by atoms with Crippen LogP contribution in [0.5, 0.6) is 0 Å². The van der Waals surface area contributed by atoms with Crippen molar-refractivity contribution in [2.75, 3.05) is 6.61 Å². The number of hydrogen-bond donors (Lipinski definition) is 2. The van der Waals surface area contributed by atoms with Crippen molar-refractivity contribution in [2.45, 2.75) is 31.5 Å². The normalized spacial score (nSPS) is 25.5. The van der Waals surface area contributed by atoms with Gasteiger partial charge in [-0.2, -0.15) is 0 Å². The zero-order valence-corrected chi connectivity index (χ0v) is 9.93. The molecule has 0 aromatic heterocycles. The Labute approximate surface area is 101 Å². The summed E-state index contributed by atoms with van der Waals surface area (Å²) in [5.41, 5.74) is 6.74. The van der Waals surface area contributed by atoms with Crippen molar-refractivity contribution >= 4 is 5.91 Å². The number of benzene rings is 1. The van der Waals surface area contributed by atoms with Crippen LogP contribution in [0.2, 0.25) is 0 Å². The molecule has 92 valence electrons. The summed E-state index contributed by atoms with van der Waals surface area (Å²) < 4.78 is 5.40. The van der Waals surface area contributed by atoms with Crippen LogP contribution in [-0.2, 0) is 9.53 Å². The summed E-state index contributed by atoms with van der Waals surface area (Å²) in [6.07, 6.45) is 0.927. The van der Waals surface area contributed by atoms with Crippen LogP contribution in [0.1, 0.15) is 24.9 Å². The van der Waals surface area contributed by atoms with Crippen LogP contribution in [-0.4, -0.2) is 24.7 Å². The Kier molecular flexibility index (Phi) is 3.76. The molecule has 4 heteroatoms. The number of rotatable bonds is 3. The Morgan fingerprint density at radius 3 is 2.76 bits per heavy atom. The Morgan fingerprint density at radius 2 is 2.18 bits per heavy atom. The highest BCUT2D eigenvalue weighted by molar-refractivity contribution is 5.83. The van der Waals surface area contributed by atoms with Gasteiger partial charge in [-0.25, -0.2) is 0 Å². The lowest BCUT2D eigenvalue weighted by atomic mass is 10.1. The zero-order valence-electron chi connectivity index (χ0n) is 9.93. The minimum atomic E-state index is -0.607. The van der Waals surface area contributed by atoms with E-state index in [0.29, 0.717) is 6.61 Å². The van der Waals surface area contributed by atoms with Crippen molar-refractivity contribution in [3.05, 3.63) is 35.9 Å². The molecule has 4 nitrogen and oxygen atoms in total. The fourth-order valence-electron chi connectivity index (χ4n) is 2.01. The van der Waals surface area contributed by atoms with Crippen LogP contribution in [0.25, 0.3) is 0 Å². The SMILES string of the molecule is CC1OCCC1NC(=O)[C@@H](N)c1ccccc1. The van der Waals surface area contributed by atoms with E-state index >= 15 is 0 Å². The van der Waals surface area contributed by atoms with Gasteiger partial charge in [-0.1, -0.05) is 30.3 Å². The first-order chi connectivity index (χ1) is 8.18. The standard InChI is InChI=1S/C13H18N2O2/c1-9-11(7-8-17-9)15-13(16)12(14)10-5-3-2-4-6-10/h2-6,9,11-12H,7-8,14H2,1H3,(H,15,16)/t9?,11?,12-/m0/s1. The van der Waals surface area contributed by atoms with Gasteiger partial charge in [0.2, 0.25) is 5.91 Å². The van der Waals surface area contributed by atoms with Gasteiger partial charge < -0.3 is 15.8 Å². The molecule has 1 aromatic carbocycles. The second-order valence-corrected chi connectivity index (χ2v) is 4.37. The molecule has 1 aliphatic heterocycles. The predicted molar refractivity (Wildman–Crippen MR) is 65.3 cm³/mol. The lowest BCUT2D eigenvalue weighted by Gasteiger charge is -2.19. The second kappa shape index (κ2) is 5.29. The number of carbonyl (C=O) groups excluding carboxylic acids is 1. The average molecular weight is 234 g/mol. The maximum Gasteiger partial charge on any atom is 0.241 e. The molecular weight excluding hydrogens is 216 g/mol. The van der Waals surface area contributed by atoms with E-state index in [4.69, 9.17) is 10.5 Å². The molecule has 1 saturated heterocycles. The molecule has 3 atom stereocenters. The van der Waals surface area contributed by atoms with Crippen LogP contribution in [0.3, 0.4) is 0 Å². The summed E-state index contributed by atoms with van der Waals surface area (Å²) >= 11 is 0. The summed E-state index contributed by atoms with van der Waals surface area (Å²) in [4.78, 5) is 12.0. The maximum atomic E-state index is 12.0. The fourth-order valence-corrected chi connectivity index (χ4v) is 2.01. The molecule has 1 heterocycles. The van der Waals surface area contributed by atoms with E-state index in [0.717, 1.165) is 12.0 Å². The van der Waals surface area contributed by atoms with Gasteiger partial charge in [-0.15, -0.1) is 0 Å². The topological polar surface area (TPSA) is 64.3 Å². The number of amides is 1.